The zero-order valence-electron chi connectivity index (χ0n) is 25.1. The summed E-state index contributed by atoms with van der Waals surface area (Å²) in [7, 11) is -3.89. The number of carbonyl (C=O) groups excluding carboxylic acids is 1. The van der Waals surface area contributed by atoms with Gasteiger partial charge in [-0.15, -0.1) is 0 Å². The van der Waals surface area contributed by atoms with E-state index in [1.54, 1.807) is 0 Å². The van der Waals surface area contributed by atoms with Gasteiger partial charge in [0.25, 0.3) is 0 Å². The monoisotopic (exact) mass is 592 g/mol. The fourth-order valence-electron chi connectivity index (χ4n) is 10.4. The van der Waals surface area contributed by atoms with Gasteiger partial charge >= 0.3 is 5.97 Å². The number of aliphatic hydroxyl groups excluding tert-OH is 2. The summed E-state index contributed by atoms with van der Waals surface area (Å²) < 4.78 is 43.6. The number of carbonyl (C=O) groups is 1. The van der Waals surface area contributed by atoms with Crippen molar-refractivity contribution in [2.24, 2.45) is 52.3 Å². The molecule has 0 aromatic heterocycles. The number of benzene rings is 1. The topological polar surface area (TPSA) is 101 Å². The van der Waals surface area contributed by atoms with Crippen molar-refractivity contribution in [2.75, 3.05) is 12.4 Å². The number of fused-ring (bicyclic) bond motifs is 5. The third-order valence-electron chi connectivity index (χ3n) is 12.5. The Bertz CT molecular complexity index is 1200. The summed E-state index contributed by atoms with van der Waals surface area (Å²) in [5.41, 5.74) is 0.296. The number of sulfone groups is 1. The van der Waals surface area contributed by atoms with Crippen LogP contribution in [0.15, 0.2) is 29.2 Å². The van der Waals surface area contributed by atoms with Gasteiger partial charge in [-0.25, -0.2) is 12.8 Å². The zero-order valence-corrected chi connectivity index (χ0v) is 25.9. The highest BCUT2D eigenvalue weighted by Gasteiger charge is 2.64. The first-order valence-corrected chi connectivity index (χ1v) is 17.5. The molecule has 0 amide bonds. The van der Waals surface area contributed by atoms with E-state index in [4.69, 9.17) is 4.74 Å². The maximum Gasteiger partial charge on any atom is 0.321 e. The van der Waals surface area contributed by atoms with Gasteiger partial charge in [-0.05, 0) is 128 Å². The fourth-order valence-corrected chi connectivity index (χ4v) is 11.5. The summed E-state index contributed by atoms with van der Waals surface area (Å²) in [4.78, 5) is 12.3. The Morgan fingerprint density at radius 3 is 2.37 bits per heavy atom. The molecular weight excluding hydrogens is 543 g/mol. The molecule has 1 aromatic carbocycles. The number of aliphatic hydroxyl groups is 2. The van der Waals surface area contributed by atoms with Crippen molar-refractivity contribution in [2.45, 2.75) is 103 Å². The molecule has 0 radical (unpaired) electrons. The first-order chi connectivity index (χ1) is 19.3. The van der Waals surface area contributed by atoms with Crippen LogP contribution in [0.2, 0.25) is 0 Å². The predicted octanol–water partition coefficient (Wildman–Crippen LogP) is 5.80. The Kier molecular flexibility index (Phi) is 8.70. The van der Waals surface area contributed by atoms with Crippen molar-refractivity contribution >= 4 is 15.8 Å². The third-order valence-corrected chi connectivity index (χ3v) is 14.1. The molecule has 0 heterocycles. The lowest BCUT2D eigenvalue weighted by atomic mass is 9.41. The van der Waals surface area contributed by atoms with Gasteiger partial charge in [0.2, 0.25) is 0 Å². The Hall–Kier alpha value is -1.51. The van der Waals surface area contributed by atoms with E-state index in [-0.39, 0.29) is 40.5 Å². The van der Waals surface area contributed by atoms with Crippen LogP contribution in [-0.4, -0.2) is 49.2 Å². The van der Waals surface area contributed by atoms with Crippen molar-refractivity contribution in [3.05, 3.63) is 30.1 Å². The van der Waals surface area contributed by atoms with Crippen LogP contribution in [0, 0.1) is 58.1 Å². The van der Waals surface area contributed by atoms with Crippen LogP contribution in [0.5, 0.6) is 0 Å². The summed E-state index contributed by atoms with van der Waals surface area (Å²) >= 11 is 0. The largest absolute Gasteiger partial charge is 0.465 e. The number of halogens is 1. The molecule has 4 saturated carbocycles. The number of rotatable bonds is 8. The van der Waals surface area contributed by atoms with E-state index in [9.17, 15) is 27.8 Å². The minimum Gasteiger partial charge on any atom is -0.465 e. The molecule has 1 aromatic rings. The lowest BCUT2D eigenvalue weighted by Gasteiger charge is -2.64. The minimum atomic E-state index is -3.89. The molecule has 11 atom stereocenters. The maximum atomic E-state index is 13.2. The van der Waals surface area contributed by atoms with Crippen LogP contribution < -0.4 is 0 Å². The predicted molar refractivity (Wildman–Crippen MR) is 155 cm³/mol. The van der Waals surface area contributed by atoms with Crippen LogP contribution in [0.4, 0.5) is 4.39 Å². The summed E-state index contributed by atoms with van der Waals surface area (Å²) in [6.45, 7) is 9.47. The highest BCUT2D eigenvalue weighted by atomic mass is 32.2. The van der Waals surface area contributed by atoms with Crippen LogP contribution >= 0.6 is 0 Å². The van der Waals surface area contributed by atoms with Gasteiger partial charge in [0.1, 0.15) is 5.82 Å². The average molecular weight is 593 g/mol. The van der Waals surface area contributed by atoms with Crippen LogP contribution in [0.1, 0.15) is 85.5 Å². The van der Waals surface area contributed by atoms with Crippen molar-refractivity contribution < 1.29 is 32.6 Å². The first-order valence-electron chi connectivity index (χ1n) is 15.8. The molecule has 0 aliphatic heterocycles. The average Bonchev–Trinajstić information content (AvgIpc) is 3.27. The van der Waals surface area contributed by atoms with Crippen molar-refractivity contribution in [1.82, 2.24) is 0 Å². The standard InChI is InChI=1S/C33H49FO6S/c1-5-24-28-18-22(35)12-15-33(28,4)27-13-16-32(3)25(10-11-26(32)30(27)31(24)37)20(2)14-17-40-29(36)19-41(38,39)23-8-6-21(34)7-9-23/h6-9,20,22,24-28,30-31,35,37H,5,10-19H2,1-4H3/t20-,22-,24-,25-,26+,27+,28+,30+,31-,32-,33-/m1/s1. The Morgan fingerprint density at radius 2 is 1.68 bits per heavy atom. The molecule has 41 heavy (non-hydrogen) atoms. The van der Waals surface area contributed by atoms with Gasteiger partial charge in [0, 0.05) is 0 Å². The highest BCUT2D eigenvalue weighted by Crippen LogP contribution is 2.69. The van der Waals surface area contributed by atoms with E-state index >= 15 is 0 Å². The Labute approximate surface area is 245 Å². The van der Waals surface area contributed by atoms with E-state index < -0.39 is 27.4 Å². The van der Waals surface area contributed by atoms with Crippen LogP contribution in [-0.2, 0) is 19.4 Å². The summed E-state index contributed by atoms with van der Waals surface area (Å²) in [5.74, 6) is 0.560. The molecule has 4 aliphatic carbocycles. The Balaban J connectivity index is 1.22. The van der Waals surface area contributed by atoms with Gasteiger partial charge in [-0.2, -0.15) is 0 Å². The summed E-state index contributed by atoms with van der Waals surface area (Å²) in [5, 5.41) is 22.4. The molecule has 6 nitrogen and oxygen atoms in total. The van der Waals surface area contributed by atoms with E-state index in [1.165, 1.54) is 0 Å². The molecule has 0 bridgehead atoms. The highest BCUT2D eigenvalue weighted by molar-refractivity contribution is 7.92. The molecular formula is C33H49FO6S. The quantitative estimate of drug-likeness (QED) is 0.293. The smallest absolute Gasteiger partial charge is 0.321 e. The van der Waals surface area contributed by atoms with Gasteiger partial charge in [0.15, 0.2) is 15.6 Å². The lowest BCUT2D eigenvalue weighted by Crippen LogP contribution is -2.62. The van der Waals surface area contributed by atoms with Gasteiger partial charge in [-0.1, -0.05) is 34.1 Å². The summed E-state index contributed by atoms with van der Waals surface area (Å²) in [6, 6.07) is 4.46. The molecule has 0 unspecified atom stereocenters. The van der Waals surface area contributed by atoms with Crippen molar-refractivity contribution in [3.8, 4) is 0 Å². The van der Waals surface area contributed by atoms with Crippen LogP contribution in [0.25, 0.3) is 0 Å². The van der Waals surface area contributed by atoms with E-state index in [1.807, 2.05) is 0 Å². The van der Waals surface area contributed by atoms with E-state index in [0.717, 1.165) is 75.6 Å². The normalized spacial score (nSPS) is 41.1. The molecule has 2 N–H and O–H groups in total. The fraction of sp³-hybridized carbons (Fsp3) is 0.788. The maximum absolute atomic E-state index is 13.2. The molecule has 0 saturated heterocycles. The number of hydrogen-bond donors (Lipinski definition) is 2. The third kappa shape index (κ3) is 5.50. The number of ether oxygens (including phenoxy) is 1. The number of esters is 1. The van der Waals surface area contributed by atoms with Crippen LogP contribution in [0.3, 0.4) is 0 Å². The second kappa shape index (κ2) is 11.5. The van der Waals surface area contributed by atoms with Gasteiger partial charge < -0.3 is 14.9 Å². The minimum absolute atomic E-state index is 0.0930. The van der Waals surface area contributed by atoms with E-state index in [2.05, 4.69) is 27.7 Å². The molecule has 0 spiro atoms. The molecule has 8 heteroatoms. The number of hydrogen-bond acceptors (Lipinski definition) is 6. The second-order valence-electron chi connectivity index (χ2n) is 14.3. The molecule has 230 valence electrons. The van der Waals surface area contributed by atoms with Crippen molar-refractivity contribution in [3.63, 3.8) is 0 Å². The SMILES string of the molecule is CC[C@H]1[C@@H](O)[C@@H]2[C@H](CC[C@]3(C)[C@@H]([C@H](C)CCOC(=O)CS(=O)(=O)c4ccc(F)cc4)CC[C@@H]23)[C@@]2(C)CC[C@@H](O)C[C@@H]12. The summed E-state index contributed by atoms with van der Waals surface area (Å²) in [6.07, 6.45) is 8.25. The molecule has 4 aliphatic rings. The molecule has 4 fully saturated rings. The van der Waals surface area contributed by atoms with Gasteiger partial charge in [-0.3, -0.25) is 4.79 Å². The van der Waals surface area contributed by atoms with Gasteiger partial charge in [0.05, 0.1) is 23.7 Å². The molecule has 5 rings (SSSR count). The second-order valence-corrected chi connectivity index (χ2v) is 16.3. The van der Waals surface area contributed by atoms with E-state index in [0.29, 0.717) is 41.9 Å². The first kappa shape index (κ1) is 30.9. The Morgan fingerprint density at radius 1 is 1.02 bits per heavy atom. The van der Waals surface area contributed by atoms with Crippen molar-refractivity contribution in [1.29, 1.82) is 0 Å². The lowest BCUT2D eigenvalue weighted by molar-refractivity contribution is -0.203. The zero-order chi connectivity index (χ0) is 29.7.